The monoisotopic (exact) mass is 1160 g/mol. The maximum atomic E-state index is 12.7. The van der Waals surface area contributed by atoms with Crippen molar-refractivity contribution in [2.45, 2.75) is 76.7 Å². The smallest absolute Gasteiger partial charge is 0.410 e. The SMILES string of the molecule is CC[C@@H]1CN(C(=O)NCC(F)(F)F)C[C@@H]1c1cnc2cnc3[nH]ccc3n12.CC[C@@H]1CN(C(=O)OCc2ccccc2)C[C@@H]1c1cnc2cnc3[nH]ccc3n12.CC[C@@H]1CNC[C@@H]1c1cnc2cnc3[nH]ccc3n12.Cl.NCC(F)(F)F. The normalized spacial score (nSPS) is 20.0. The van der Waals surface area contributed by atoms with Gasteiger partial charge < -0.3 is 45.9 Å². The molecular formula is C55H64ClF6N17O3. The molecule has 82 heavy (non-hydrogen) atoms. The number of carbonyl (C=O) groups excluding carboxylic acids is 2. The summed E-state index contributed by atoms with van der Waals surface area (Å²) < 4.78 is 81.1. The highest BCUT2D eigenvalue weighted by Crippen LogP contribution is 2.38. The number of likely N-dealkylation sites (tertiary alicyclic amines) is 2. The van der Waals surface area contributed by atoms with E-state index in [-0.39, 0.29) is 36.3 Å². The van der Waals surface area contributed by atoms with Crippen LogP contribution in [0.25, 0.3) is 50.4 Å². The van der Waals surface area contributed by atoms with Crippen LogP contribution in [0.15, 0.2) is 104 Å². The molecule has 13 rings (SSSR count). The number of alkyl halides is 6. The summed E-state index contributed by atoms with van der Waals surface area (Å²) >= 11 is 0. The first kappa shape index (κ1) is 58.7. The molecule has 12 heterocycles. The molecule has 10 aromatic rings. The van der Waals surface area contributed by atoms with E-state index in [1.807, 2.05) is 95.0 Å². The molecule has 0 aliphatic carbocycles. The minimum atomic E-state index is -4.42. The van der Waals surface area contributed by atoms with Crippen molar-refractivity contribution < 1.29 is 40.7 Å². The van der Waals surface area contributed by atoms with Gasteiger partial charge >= 0.3 is 24.5 Å². The van der Waals surface area contributed by atoms with E-state index in [1.165, 1.54) is 17.0 Å². The first-order chi connectivity index (χ1) is 39.1. The van der Waals surface area contributed by atoms with E-state index < -0.39 is 31.5 Å². The summed E-state index contributed by atoms with van der Waals surface area (Å²) in [4.78, 5) is 64.2. The molecule has 3 aliphatic heterocycles. The van der Waals surface area contributed by atoms with Crippen LogP contribution >= 0.6 is 12.4 Å². The molecule has 0 bridgehead atoms. The quantitative estimate of drug-likeness (QED) is 0.0744. The van der Waals surface area contributed by atoms with Gasteiger partial charge in [-0.1, -0.05) is 70.4 Å². The molecule has 3 saturated heterocycles. The summed E-state index contributed by atoms with van der Waals surface area (Å²) in [6.45, 7) is 8.45. The van der Waals surface area contributed by atoms with Crippen molar-refractivity contribution in [3.8, 4) is 0 Å². The lowest BCUT2D eigenvalue weighted by Crippen LogP contribution is -2.42. The summed E-state index contributed by atoms with van der Waals surface area (Å²) in [6, 6.07) is 15.1. The highest BCUT2D eigenvalue weighted by atomic mass is 35.5. The third-order valence-corrected chi connectivity index (χ3v) is 15.6. The van der Waals surface area contributed by atoms with Gasteiger partial charge in [0.05, 0.1) is 41.7 Å². The molecule has 0 spiro atoms. The molecule has 6 atom stereocenters. The Labute approximate surface area is 472 Å². The Hall–Kier alpha value is -7.97. The molecule has 436 valence electrons. The molecule has 7 N–H and O–H groups in total. The number of nitrogens with one attached hydrogen (secondary N) is 5. The highest BCUT2D eigenvalue weighted by molar-refractivity contribution is 5.85. The summed E-state index contributed by atoms with van der Waals surface area (Å²) in [5.41, 5.74) is 16.5. The number of H-pyrrole nitrogens is 3. The zero-order valence-electron chi connectivity index (χ0n) is 45.2. The minimum absolute atomic E-state index is 0. The van der Waals surface area contributed by atoms with Crippen molar-refractivity contribution in [3.05, 3.63) is 127 Å². The fourth-order valence-electron chi connectivity index (χ4n) is 11.4. The number of carbonyl (C=O) groups is 2. The number of hydrogen-bond donors (Lipinski definition) is 6. The van der Waals surface area contributed by atoms with Crippen LogP contribution in [0.3, 0.4) is 0 Å². The Bertz CT molecular complexity index is 3740. The number of nitrogens with zero attached hydrogens (tertiary/aromatic N) is 11. The van der Waals surface area contributed by atoms with Crippen molar-refractivity contribution in [2.75, 3.05) is 52.4 Å². The van der Waals surface area contributed by atoms with Crippen LogP contribution in [0, 0.1) is 17.8 Å². The number of hydrogen-bond acceptors (Lipinski definition) is 11. The van der Waals surface area contributed by atoms with Gasteiger partial charge in [-0.3, -0.25) is 13.2 Å². The van der Waals surface area contributed by atoms with Gasteiger partial charge in [0.25, 0.3) is 0 Å². The maximum Gasteiger partial charge on any atom is 0.410 e. The lowest BCUT2D eigenvalue weighted by atomic mass is 9.91. The lowest BCUT2D eigenvalue weighted by molar-refractivity contribution is -0.123. The van der Waals surface area contributed by atoms with E-state index in [9.17, 15) is 35.9 Å². The zero-order chi connectivity index (χ0) is 57.0. The minimum Gasteiger partial charge on any atom is -0.445 e. The van der Waals surface area contributed by atoms with Crippen LogP contribution in [0.1, 0.15) is 80.4 Å². The second-order valence-corrected chi connectivity index (χ2v) is 20.5. The third-order valence-electron chi connectivity index (χ3n) is 15.6. The predicted molar refractivity (Wildman–Crippen MR) is 299 cm³/mol. The number of aromatic nitrogens is 12. The molecular weight excluding hydrogens is 1100 g/mol. The van der Waals surface area contributed by atoms with Crippen LogP contribution < -0.4 is 16.4 Å². The van der Waals surface area contributed by atoms with E-state index in [2.05, 4.69) is 84.6 Å². The van der Waals surface area contributed by atoms with Gasteiger partial charge in [-0.15, -0.1) is 12.4 Å². The maximum absolute atomic E-state index is 12.7. The zero-order valence-corrected chi connectivity index (χ0v) is 46.0. The van der Waals surface area contributed by atoms with Gasteiger partial charge in [-0.2, -0.15) is 26.3 Å². The van der Waals surface area contributed by atoms with Crippen LogP contribution in [-0.2, 0) is 11.3 Å². The molecule has 27 heteroatoms. The number of ether oxygens (including phenoxy) is 1. The molecule has 1 aromatic carbocycles. The van der Waals surface area contributed by atoms with E-state index in [1.54, 1.807) is 24.8 Å². The summed E-state index contributed by atoms with van der Waals surface area (Å²) in [7, 11) is 0. The first-order valence-electron chi connectivity index (χ1n) is 27.0. The Morgan fingerprint density at radius 2 is 1.02 bits per heavy atom. The van der Waals surface area contributed by atoms with Crippen LogP contribution in [0.2, 0.25) is 0 Å². The van der Waals surface area contributed by atoms with Crippen molar-refractivity contribution in [3.63, 3.8) is 0 Å². The number of benzene rings is 1. The standard InChI is InChI=1S/C22H23N5O2.C17H19F3N6O.C14H17N5.C2H4F3N.ClH/c1-2-16-12-26(22(28)29-14-15-6-4-3-5-7-15)13-17(16)19-10-24-20-11-25-21-18(27(19)20)8-9-23-21;1-2-10-7-25(16(27)24-9-17(18,19)20)8-11(10)13-5-22-14-6-23-15-12(26(13)14)3-4-21-15;1-2-9-5-15-6-10(9)12-7-17-13-8-18-14-11(19(12)13)3-4-16-14;3-2(4,5)1-6;/h3-11,16-17,23H,2,12-14H2,1H3;3-6,10-11,21H,2,7-9H2,1H3,(H,24,27);3-4,7-10,15-16H,2,5-6H2,1H3;1,6H2;1H/t16-,17+;10-,11+;9-,10+;;/m111../s1. The highest BCUT2D eigenvalue weighted by Gasteiger charge is 2.40. The number of fused-ring (bicyclic) bond motifs is 9. The number of urea groups is 1. The Morgan fingerprint density at radius 1 is 0.585 bits per heavy atom. The first-order valence-corrected chi connectivity index (χ1v) is 27.0. The third kappa shape index (κ3) is 12.6. The Kier molecular flexibility index (Phi) is 17.9. The van der Waals surface area contributed by atoms with E-state index in [0.717, 1.165) is 87.7 Å². The Morgan fingerprint density at radius 3 is 1.46 bits per heavy atom. The fourth-order valence-corrected chi connectivity index (χ4v) is 11.4. The molecule has 0 saturated carbocycles. The predicted octanol–water partition coefficient (Wildman–Crippen LogP) is 9.73. The number of nitrogens with two attached hydrogens (primary N) is 1. The van der Waals surface area contributed by atoms with E-state index in [4.69, 9.17) is 4.74 Å². The average molecular weight is 1160 g/mol. The number of amides is 3. The van der Waals surface area contributed by atoms with Crippen LogP contribution in [0.4, 0.5) is 35.9 Å². The number of aromatic amines is 3. The van der Waals surface area contributed by atoms with Crippen LogP contribution in [0.5, 0.6) is 0 Å². The molecule has 9 aromatic heterocycles. The van der Waals surface area contributed by atoms with Crippen LogP contribution in [-0.4, -0.2) is 145 Å². The second-order valence-electron chi connectivity index (χ2n) is 20.5. The van der Waals surface area contributed by atoms with Crippen molar-refractivity contribution in [1.82, 2.24) is 78.5 Å². The van der Waals surface area contributed by atoms with Gasteiger partial charge in [0, 0.05) is 105 Å². The summed E-state index contributed by atoms with van der Waals surface area (Å²) in [5, 5.41) is 5.47. The largest absolute Gasteiger partial charge is 0.445 e. The number of rotatable bonds is 9. The van der Waals surface area contributed by atoms with Gasteiger partial charge in [0.1, 0.15) is 13.2 Å². The Balaban J connectivity index is 0.000000142. The number of halogens is 7. The van der Waals surface area contributed by atoms with Crippen molar-refractivity contribution in [2.24, 2.45) is 23.5 Å². The molecule has 3 aliphatic rings. The average Bonchev–Trinajstić information content (AvgIpc) is 3.36. The summed E-state index contributed by atoms with van der Waals surface area (Å²) in [5.74, 6) is 1.94. The molecule has 20 nitrogen and oxygen atoms in total. The second kappa shape index (κ2) is 25.0. The van der Waals surface area contributed by atoms with Gasteiger partial charge in [-0.05, 0) is 48.1 Å². The molecule has 0 radical (unpaired) electrons. The number of imidazole rings is 3. The van der Waals surface area contributed by atoms with Crippen molar-refractivity contribution >= 4 is 75.0 Å². The van der Waals surface area contributed by atoms with E-state index in [0.29, 0.717) is 56.2 Å². The van der Waals surface area contributed by atoms with Crippen molar-refractivity contribution in [1.29, 1.82) is 0 Å². The summed E-state index contributed by atoms with van der Waals surface area (Å²) in [6.07, 6.45) is 10.8. The van der Waals surface area contributed by atoms with Gasteiger partial charge in [0.2, 0.25) is 0 Å². The molecule has 3 amide bonds. The molecule has 3 fully saturated rings. The van der Waals surface area contributed by atoms with Gasteiger partial charge in [0.15, 0.2) is 33.9 Å². The fraction of sp³-hybridized carbons (Fsp3) is 0.418. The molecule has 0 unspecified atom stereocenters. The van der Waals surface area contributed by atoms with Gasteiger partial charge in [-0.25, -0.2) is 39.5 Å². The lowest BCUT2D eigenvalue weighted by Gasteiger charge is -2.18. The van der Waals surface area contributed by atoms with E-state index >= 15 is 0 Å². The topological polar surface area (TPSA) is 238 Å².